The molecule has 5 rings (SSSR count). The number of ether oxygens (including phenoxy) is 2. The zero-order valence-electron chi connectivity index (χ0n) is 21.5. The van der Waals surface area contributed by atoms with Crippen LogP contribution >= 0.6 is 0 Å². The van der Waals surface area contributed by atoms with Crippen LogP contribution in [0.3, 0.4) is 0 Å². The smallest absolute Gasteiger partial charge is 0.320 e. The fourth-order valence-electron chi connectivity index (χ4n) is 5.17. The molecule has 38 heavy (non-hydrogen) atoms. The number of hydrogen-bond donors (Lipinski definition) is 0. The molecule has 0 N–H and O–H groups in total. The number of nitro groups is 1. The maximum absolute atomic E-state index is 13.9. The van der Waals surface area contributed by atoms with Crippen LogP contribution in [0.15, 0.2) is 65.4 Å². The van der Waals surface area contributed by atoms with Gasteiger partial charge in [0.1, 0.15) is 17.7 Å². The Kier molecular flexibility index (Phi) is 6.95. The lowest BCUT2D eigenvalue weighted by molar-refractivity contribution is -0.385. The molecule has 2 heterocycles. The molecule has 1 fully saturated rings. The third kappa shape index (κ3) is 4.65. The first-order chi connectivity index (χ1) is 18.4. The minimum absolute atomic E-state index is 0.0575. The van der Waals surface area contributed by atoms with Crippen LogP contribution in [-0.4, -0.2) is 45.6 Å². The summed E-state index contributed by atoms with van der Waals surface area (Å²) in [7, 11) is 3.23. The number of benzene rings is 2. The van der Waals surface area contributed by atoms with E-state index in [4.69, 9.17) is 14.6 Å². The van der Waals surface area contributed by atoms with Crippen LogP contribution in [0, 0.1) is 16.0 Å². The van der Waals surface area contributed by atoms with Gasteiger partial charge in [0.25, 0.3) is 0 Å². The Balaban J connectivity index is 1.59. The van der Waals surface area contributed by atoms with Gasteiger partial charge in [-0.3, -0.25) is 19.6 Å². The van der Waals surface area contributed by atoms with E-state index in [1.54, 1.807) is 14.2 Å². The minimum atomic E-state index is -0.588. The number of methoxy groups -OCH3 is 2. The average molecular weight is 516 g/mol. The van der Waals surface area contributed by atoms with Crippen LogP contribution < -0.4 is 9.47 Å². The minimum Gasteiger partial charge on any atom is -0.497 e. The summed E-state index contributed by atoms with van der Waals surface area (Å²) >= 11 is 0. The van der Waals surface area contributed by atoms with E-state index >= 15 is 0 Å². The Hall–Kier alpha value is -4.47. The van der Waals surface area contributed by atoms with Crippen molar-refractivity contribution in [3.05, 3.63) is 87.2 Å². The highest BCUT2D eigenvalue weighted by atomic mass is 16.6. The Morgan fingerprint density at radius 1 is 1.11 bits per heavy atom. The van der Waals surface area contributed by atoms with Gasteiger partial charge in [-0.15, -0.1) is 0 Å². The Morgan fingerprint density at radius 2 is 1.76 bits per heavy atom. The lowest BCUT2D eigenvalue weighted by Crippen LogP contribution is -2.32. The van der Waals surface area contributed by atoms with E-state index in [1.807, 2.05) is 55.5 Å². The van der Waals surface area contributed by atoms with Gasteiger partial charge in [-0.05, 0) is 73.2 Å². The van der Waals surface area contributed by atoms with E-state index in [-0.39, 0.29) is 17.3 Å². The molecule has 2 atom stereocenters. The molecule has 1 saturated carbocycles. The molecule has 196 valence electrons. The molecule has 0 unspecified atom stereocenters. The number of aromatic nitrogens is 2. The molecular weight excluding hydrogens is 486 g/mol. The van der Waals surface area contributed by atoms with E-state index in [0.717, 1.165) is 47.4 Å². The molecule has 2 aliphatic rings. The molecular formula is C28H29N5O5. The second-order valence-corrected chi connectivity index (χ2v) is 9.27. The number of carbonyl (C=O) groups excluding carboxylic acids is 1. The van der Waals surface area contributed by atoms with Gasteiger partial charge < -0.3 is 9.47 Å². The monoisotopic (exact) mass is 515 g/mol. The quantitative estimate of drug-likeness (QED) is 0.313. The summed E-state index contributed by atoms with van der Waals surface area (Å²) in [5.74, 6) is 0.830. The number of carbonyl (C=O) groups is 1. The molecule has 0 bridgehead atoms. The van der Waals surface area contributed by atoms with Crippen molar-refractivity contribution in [2.45, 2.75) is 38.8 Å². The highest BCUT2D eigenvalue weighted by Crippen LogP contribution is 2.45. The van der Waals surface area contributed by atoms with Crippen molar-refractivity contribution in [2.24, 2.45) is 11.0 Å². The zero-order chi connectivity index (χ0) is 26.8. The van der Waals surface area contributed by atoms with Crippen LogP contribution in [-0.2, 0) is 6.54 Å². The number of hydrogen-bond acceptors (Lipinski definition) is 7. The van der Waals surface area contributed by atoms with Gasteiger partial charge >= 0.3 is 11.6 Å². The standard InChI is InChI=1S/C28H29N5O5/c1-4-31-17-24(33(35)36)26(29-31)28(34)32-27(19-10-14-22(38-3)15-11-19)23-7-5-6-20(25(23)30-32)16-18-8-12-21(37-2)13-9-18/h8-17,23,27H,4-7H2,1-3H3/b20-16+/t23-,27+/m1/s1. The molecule has 2 aromatic carbocycles. The van der Waals surface area contributed by atoms with Crippen molar-refractivity contribution in [1.29, 1.82) is 0 Å². The highest BCUT2D eigenvalue weighted by molar-refractivity contribution is 6.09. The summed E-state index contributed by atoms with van der Waals surface area (Å²) in [6.45, 7) is 2.22. The SMILES string of the molecule is CCn1cc([N+](=O)[O-])c(C(=O)N2N=C3/C(=C/c4ccc(OC)cc4)CCC[C@H]3[C@@H]2c2ccc(OC)cc2)n1. The van der Waals surface area contributed by atoms with E-state index in [1.165, 1.54) is 15.9 Å². The van der Waals surface area contributed by atoms with Gasteiger partial charge in [-0.2, -0.15) is 10.2 Å². The predicted octanol–water partition coefficient (Wildman–Crippen LogP) is 5.27. The third-order valence-corrected chi connectivity index (χ3v) is 7.09. The molecule has 0 spiro atoms. The first-order valence-corrected chi connectivity index (χ1v) is 12.6. The first kappa shape index (κ1) is 25.2. The summed E-state index contributed by atoms with van der Waals surface area (Å²) in [5, 5.41) is 22.2. The topological polar surface area (TPSA) is 112 Å². The fourth-order valence-corrected chi connectivity index (χ4v) is 5.17. The molecule has 1 amide bonds. The molecule has 1 aliphatic heterocycles. The lowest BCUT2D eigenvalue weighted by Gasteiger charge is -2.29. The van der Waals surface area contributed by atoms with Gasteiger partial charge in [0.2, 0.25) is 5.69 Å². The predicted molar refractivity (Wildman–Crippen MR) is 142 cm³/mol. The van der Waals surface area contributed by atoms with Gasteiger partial charge in [-0.25, -0.2) is 5.01 Å². The molecule has 0 radical (unpaired) electrons. The average Bonchev–Trinajstić information content (AvgIpc) is 3.56. The second-order valence-electron chi connectivity index (χ2n) is 9.27. The number of fused-ring (bicyclic) bond motifs is 1. The Morgan fingerprint density at radius 3 is 2.37 bits per heavy atom. The number of aryl methyl sites for hydroxylation is 1. The number of allylic oxidation sites excluding steroid dienone is 1. The molecule has 3 aromatic rings. The van der Waals surface area contributed by atoms with Gasteiger partial charge in [0, 0.05) is 12.5 Å². The summed E-state index contributed by atoms with van der Waals surface area (Å²) < 4.78 is 12.0. The van der Waals surface area contributed by atoms with Crippen molar-refractivity contribution in [2.75, 3.05) is 14.2 Å². The summed E-state index contributed by atoms with van der Waals surface area (Å²) in [6, 6.07) is 14.9. The van der Waals surface area contributed by atoms with E-state index in [2.05, 4.69) is 11.2 Å². The van der Waals surface area contributed by atoms with Crippen LogP contribution in [0.5, 0.6) is 11.5 Å². The zero-order valence-corrected chi connectivity index (χ0v) is 21.5. The fraction of sp³-hybridized carbons (Fsp3) is 0.321. The van der Waals surface area contributed by atoms with E-state index in [9.17, 15) is 14.9 Å². The van der Waals surface area contributed by atoms with Gasteiger partial charge in [0.05, 0.1) is 30.9 Å². The van der Waals surface area contributed by atoms with Crippen molar-refractivity contribution in [3.8, 4) is 11.5 Å². The van der Waals surface area contributed by atoms with E-state index < -0.39 is 16.9 Å². The van der Waals surface area contributed by atoms with Crippen molar-refractivity contribution in [3.63, 3.8) is 0 Å². The van der Waals surface area contributed by atoms with Crippen molar-refractivity contribution < 1.29 is 19.2 Å². The molecule has 0 saturated heterocycles. The van der Waals surface area contributed by atoms with Gasteiger partial charge in [0.15, 0.2) is 0 Å². The summed E-state index contributed by atoms with van der Waals surface area (Å²) in [5.41, 5.74) is 3.24. The first-order valence-electron chi connectivity index (χ1n) is 12.6. The molecule has 1 aliphatic carbocycles. The number of nitrogens with zero attached hydrogens (tertiary/aromatic N) is 5. The Bertz CT molecular complexity index is 1410. The van der Waals surface area contributed by atoms with Crippen LogP contribution in [0.1, 0.15) is 53.8 Å². The lowest BCUT2D eigenvalue weighted by atomic mass is 9.77. The van der Waals surface area contributed by atoms with E-state index in [0.29, 0.717) is 12.3 Å². The normalized spacial score (nSPS) is 19.7. The maximum atomic E-state index is 13.9. The van der Waals surface area contributed by atoms with Crippen molar-refractivity contribution in [1.82, 2.24) is 14.8 Å². The summed E-state index contributed by atoms with van der Waals surface area (Å²) in [4.78, 5) is 25.1. The summed E-state index contributed by atoms with van der Waals surface area (Å²) in [6.07, 6.45) is 5.98. The molecule has 1 aromatic heterocycles. The Labute approximate surface area is 220 Å². The van der Waals surface area contributed by atoms with Crippen molar-refractivity contribution >= 4 is 23.4 Å². The van der Waals surface area contributed by atoms with Crippen LogP contribution in [0.2, 0.25) is 0 Å². The molecule has 10 nitrogen and oxygen atoms in total. The largest absolute Gasteiger partial charge is 0.497 e. The van der Waals surface area contributed by atoms with Crippen LogP contribution in [0.4, 0.5) is 5.69 Å². The third-order valence-electron chi connectivity index (χ3n) is 7.09. The molecule has 10 heteroatoms. The maximum Gasteiger partial charge on any atom is 0.320 e. The number of amides is 1. The van der Waals surface area contributed by atoms with Gasteiger partial charge in [-0.1, -0.05) is 24.3 Å². The van der Waals surface area contributed by atoms with Crippen LogP contribution in [0.25, 0.3) is 6.08 Å². The second kappa shape index (κ2) is 10.5. The number of rotatable bonds is 7. The number of hydrazone groups is 1. The highest BCUT2D eigenvalue weighted by Gasteiger charge is 2.45.